The largest absolute Gasteiger partial charge is 0.466 e. The highest BCUT2D eigenvalue weighted by Crippen LogP contribution is 2.41. The summed E-state index contributed by atoms with van der Waals surface area (Å²) in [6.45, 7) is -0.396. The lowest BCUT2D eigenvalue weighted by Gasteiger charge is -2.32. The highest BCUT2D eigenvalue weighted by molar-refractivity contribution is 9.10. The third-order valence-corrected chi connectivity index (χ3v) is 4.56. The van der Waals surface area contributed by atoms with E-state index >= 15 is 0 Å². The number of halogens is 4. The minimum atomic E-state index is -0.882. The summed E-state index contributed by atoms with van der Waals surface area (Å²) in [6, 6.07) is 1.36. The Kier molecular flexibility index (Phi) is 6.08. The highest BCUT2D eigenvalue weighted by atomic mass is 79.9. The second-order valence-corrected chi connectivity index (χ2v) is 6.17. The van der Waals surface area contributed by atoms with Gasteiger partial charge < -0.3 is 19.1 Å². The van der Waals surface area contributed by atoms with Crippen molar-refractivity contribution < 1.29 is 28.2 Å². The van der Waals surface area contributed by atoms with Gasteiger partial charge in [0.2, 0.25) is 0 Å². The van der Waals surface area contributed by atoms with Crippen molar-refractivity contribution in [3.63, 3.8) is 0 Å². The number of carbonyl (C=O) groups excluding carboxylic acids is 2. The summed E-state index contributed by atoms with van der Waals surface area (Å²) in [5.41, 5.74) is -0.424. The first-order valence-electron chi connectivity index (χ1n) is 6.41. The van der Waals surface area contributed by atoms with Crippen LogP contribution < -0.4 is 4.90 Å². The molecule has 10 heteroatoms. The molecule has 24 heavy (non-hydrogen) atoms. The molecule has 1 heterocycles. The molecule has 1 aliphatic rings. The van der Waals surface area contributed by atoms with Gasteiger partial charge in [-0.2, -0.15) is 0 Å². The first kappa shape index (κ1) is 19.0. The fourth-order valence-corrected chi connectivity index (χ4v) is 3.21. The summed E-state index contributed by atoms with van der Waals surface area (Å²) in [5.74, 6) is -2.53. The number of rotatable bonds is 3. The van der Waals surface area contributed by atoms with Gasteiger partial charge in [-0.3, -0.25) is 0 Å². The van der Waals surface area contributed by atoms with Crippen molar-refractivity contribution in [3.8, 4) is 0 Å². The number of hydrogen-bond donors (Lipinski definition) is 0. The van der Waals surface area contributed by atoms with Crippen molar-refractivity contribution >= 4 is 56.8 Å². The average molecular weight is 443 g/mol. The van der Waals surface area contributed by atoms with Crippen LogP contribution in [-0.4, -0.2) is 39.5 Å². The minimum absolute atomic E-state index is 0.0143. The van der Waals surface area contributed by atoms with Crippen LogP contribution in [0.1, 0.15) is 0 Å². The normalized spacial score (nSPS) is 14.7. The van der Waals surface area contributed by atoms with E-state index in [1.54, 1.807) is 0 Å². The average Bonchev–Trinajstić information content (AvgIpc) is 2.58. The molecule has 0 spiro atoms. The van der Waals surface area contributed by atoms with Gasteiger partial charge in [-0.25, -0.2) is 14.0 Å². The van der Waals surface area contributed by atoms with Crippen molar-refractivity contribution in [2.75, 3.05) is 32.5 Å². The van der Waals surface area contributed by atoms with Crippen LogP contribution in [-0.2, 0) is 23.8 Å². The zero-order chi connectivity index (χ0) is 18.0. The SMILES string of the molecule is COC(=O)C1=C(C(=O)OC)N(c2c(Br)cc(Cl)c(Cl)c2F)COC1. The number of anilines is 1. The van der Waals surface area contributed by atoms with Crippen LogP contribution in [0.2, 0.25) is 10.0 Å². The van der Waals surface area contributed by atoms with Crippen LogP contribution in [0.15, 0.2) is 21.8 Å². The third kappa shape index (κ3) is 3.37. The Bertz CT molecular complexity index is 740. The van der Waals surface area contributed by atoms with Gasteiger partial charge in [0.25, 0.3) is 0 Å². The van der Waals surface area contributed by atoms with Gasteiger partial charge in [0.15, 0.2) is 5.82 Å². The number of hydrogen-bond acceptors (Lipinski definition) is 6. The molecule has 1 aromatic rings. The Balaban J connectivity index is 2.71. The molecule has 2 rings (SSSR count). The zero-order valence-corrected chi connectivity index (χ0v) is 15.6. The Morgan fingerprint density at radius 3 is 2.50 bits per heavy atom. The van der Waals surface area contributed by atoms with Crippen LogP contribution in [0.5, 0.6) is 0 Å². The molecule has 1 aromatic carbocycles. The molecule has 1 aliphatic heterocycles. The third-order valence-electron chi connectivity index (χ3n) is 3.19. The molecular weight excluding hydrogens is 432 g/mol. The molecule has 0 bridgehead atoms. The van der Waals surface area contributed by atoms with E-state index in [0.29, 0.717) is 0 Å². The summed E-state index contributed by atoms with van der Waals surface area (Å²) in [6.07, 6.45) is 0. The Hall–Kier alpha value is -1.35. The van der Waals surface area contributed by atoms with Gasteiger partial charge in [0, 0.05) is 4.47 Å². The standard InChI is InChI=1S/C14H11BrCl2FNO5/c1-22-13(20)6-4-24-5-19(11(6)14(21)23-2)12-7(15)3-8(16)9(17)10(12)18/h3H,4-5H2,1-2H3. The Morgan fingerprint density at radius 2 is 1.92 bits per heavy atom. The van der Waals surface area contributed by atoms with E-state index in [2.05, 4.69) is 20.7 Å². The summed E-state index contributed by atoms with van der Waals surface area (Å²) >= 11 is 14.8. The quantitative estimate of drug-likeness (QED) is 0.406. The molecule has 0 N–H and O–H groups in total. The van der Waals surface area contributed by atoms with Crippen LogP contribution in [0.4, 0.5) is 10.1 Å². The molecule has 6 nitrogen and oxygen atoms in total. The lowest BCUT2D eigenvalue weighted by Crippen LogP contribution is -2.39. The van der Waals surface area contributed by atoms with Crippen LogP contribution in [0.25, 0.3) is 0 Å². The van der Waals surface area contributed by atoms with Gasteiger partial charge in [-0.05, 0) is 22.0 Å². The molecule has 0 amide bonds. The summed E-state index contributed by atoms with van der Waals surface area (Å²) in [4.78, 5) is 25.2. The van der Waals surface area contributed by atoms with Crippen LogP contribution in [0, 0.1) is 5.82 Å². The van der Waals surface area contributed by atoms with E-state index < -0.39 is 17.8 Å². The fraction of sp³-hybridized carbons (Fsp3) is 0.286. The van der Waals surface area contributed by atoms with Crippen molar-refractivity contribution in [1.82, 2.24) is 0 Å². The molecule has 0 saturated heterocycles. The molecule has 0 fully saturated rings. The van der Waals surface area contributed by atoms with E-state index in [0.717, 1.165) is 19.1 Å². The maximum Gasteiger partial charge on any atom is 0.355 e. The van der Waals surface area contributed by atoms with E-state index in [9.17, 15) is 14.0 Å². The molecule has 0 atom stereocenters. The van der Waals surface area contributed by atoms with Crippen LogP contribution >= 0.6 is 39.1 Å². The first-order chi connectivity index (χ1) is 11.3. The predicted molar refractivity (Wildman–Crippen MR) is 88.5 cm³/mol. The van der Waals surface area contributed by atoms with Gasteiger partial charge in [-0.1, -0.05) is 23.2 Å². The molecule has 0 radical (unpaired) electrons. The van der Waals surface area contributed by atoms with Gasteiger partial charge in [0.1, 0.15) is 12.4 Å². The number of esters is 2. The number of methoxy groups -OCH3 is 2. The summed E-state index contributed by atoms with van der Waals surface area (Å²) in [7, 11) is 2.29. The highest BCUT2D eigenvalue weighted by Gasteiger charge is 2.35. The predicted octanol–water partition coefficient (Wildman–Crippen LogP) is 3.29. The second-order valence-electron chi connectivity index (χ2n) is 4.53. The van der Waals surface area contributed by atoms with Gasteiger partial charge in [-0.15, -0.1) is 0 Å². The molecule has 0 aliphatic carbocycles. The fourth-order valence-electron chi connectivity index (χ4n) is 2.12. The zero-order valence-electron chi connectivity index (χ0n) is 12.5. The Morgan fingerprint density at radius 1 is 1.29 bits per heavy atom. The molecule has 0 aromatic heterocycles. The molecular formula is C14H11BrCl2FNO5. The van der Waals surface area contributed by atoms with E-state index in [1.807, 2.05) is 0 Å². The van der Waals surface area contributed by atoms with Crippen molar-refractivity contribution in [3.05, 3.63) is 37.7 Å². The number of ether oxygens (including phenoxy) is 3. The van der Waals surface area contributed by atoms with Crippen molar-refractivity contribution in [2.24, 2.45) is 0 Å². The summed E-state index contributed by atoms with van der Waals surface area (Å²) < 4.78 is 29.5. The Labute approximate surface area is 155 Å². The second kappa shape index (κ2) is 7.69. The van der Waals surface area contributed by atoms with Crippen LogP contribution in [0.3, 0.4) is 0 Å². The molecule has 0 unspecified atom stereocenters. The maximum absolute atomic E-state index is 14.6. The minimum Gasteiger partial charge on any atom is -0.466 e. The summed E-state index contributed by atoms with van der Waals surface area (Å²) in [5, 5.41) is -0.344. The van der Waals surface area contributed by atoms with Crippen molar-refractivity contribution in [1.29, 1.82) is 0 Å². The first-order valence-corrected chi connectivity index (χ1v) is 7.96. The van der Waals surface area contributed by atoms with E-state index in [1.165, 1.54) is 6.07 Å². The van der Waals surface area contributed by atoms with Gasteiger partial charge in [0.05, 0.1) is 42.1 Å². The van der Waals surface area contributed by atoms with Gasteiger partial charge >= 0.3 is 11.9 Å². The number of benzene rings is 1. The number of nitrogens with zero attached hydrogens (tertiary/aromatic N) is 1. The number of carbonyl (C=O) groups is 2. The monoisotopic (exact) mass is 441 g/mol. The maximum atomic E-state index is 14.6. The van der Waals surface area contributed by atoms with E-state index in [-0.39, 0.29) is 44.8 Å². The molecule has 0 saturated carbocycles. The lowest BCUT2D eigenvalue weighted by atomic mass is 10.1. The molecule has 130 valence electrons. The lowest BCUT2D eigenvalue weighted by molar-refractivity contribution is -0.140. The topological polar surface area (TPSA) is 65.1 Å². The van der Waals surface area contributed by atoms with Crippen molar-refractivity contribution in [2.45, 2.75) is 0 Å². The van der Waals surface area contributed by atoms with E-state index in [4.69, 9.17) is 32.7 Å². The smallest absolute Gasteiger partial charge is 0.355 e.